The number of anilines is 1. The van der Waals surface area contributed by atoms with Gasteiger partial charge < -0.3 is 24.8 Å². The molecule has 3 aliphatic rings. The summed E-state index contributed by atoms with van der Waals surface area (Å²) in [5.41, 5.74) is 0.628. The lowest BCUT2D eigenvalue weighted by Crippen LogP contribution is -2.65. The maximum absolute atomic E-state index is 13.7. The van der Waals surface area contributed by atoms with Crippen LogP contribution in [0.2, 0.25) is 0 Å². The fourth-order valence-corrected chi connectivity index (χ4v) is 5.96. The highest BCUT2D eigenvalue weighted by atomic mass is 16.5. The molecule has 1 atom stereocenters. The van der Waals surface area contributed by atoms with Crippen molar-refractivity contribution in [3.05, 3.63) is 41.7 Å². The molecule has 0 radical (unpaired) electrons. The molecule has 2 aromatic rings. The number of amides is 3. The highest BCUT2D eigenvalue weighted by molar-refractivity contribution is 6.02. The van der Waals surface area contributed by atoms with Gasteiger partial charge in [0.25, 0.3) is 11.8 Å². The van der Waals surface area contributed by atoms with Crippen molar-refractivity contribution >= 4 is 23.4 Å². The van der Waals surface area contributed by atoms with Gasteiger partial charge in [0, 0.05) is 56.6 Å². The quantitative estimate of drug-likeness (QED) is 0.557. The third-order valence-electron chi connectivity index (χ3n) is 8.42. The van der Waals surface area contributed by atoms with Crippen molar-refractivity contribution < 1.29 is 19.1 Å². The number of carbonyl (C=O) groups is 3. The Morgan fingerprint density at radius 1 is 1.13 bits per heavy atom. The van der Waals surface area contributed by atoms with Crippen LogP contribution in [0.5, 0.6) is 5.75 Å². The van der Waals surface area contributed by atoms with Crippen LogP contribution in [0.25, 0.3) is 0 Å². The van der Waals surface area contributed by atoms with Crippen LogP contribution in [0.4, 0.5) is 5.69 Å². The number of rotatable bonds is 8. The van der Waals surface area contributed by atoms with Crippen LogP contribution >= 0.6 is 0 Å². The molecule has 1 N–H and O–H groups in total. The number of ether oxygens (including phenoxy) is 1. The highest BCUT2D eigenvalue weighted by Gasteiger charge is 2.48. The lowest BCUT2D eigenvalue weighted by molar-refractivity contribution is -0.133. The first kappa shape index (κ1) is 27.0. The van der Waals surface area contributed by atoms with Gasteiger partial charge in [-0.1, -0.05) is 32.3 Å². The molecule has 210 valence electrons. The largest absolute Gasteiger partial charge is 0.497 e. The van der Waals surface area contributed by atoms with E-state index in [1.165, 1.54) is 0 Å². The highest BCUT2D eigenvalue weighted by Crippen LogP contribution is 2.30. The summed E-state index contributed by atoms with van der Waals surface area (Å²) >= 11 is 0. The Balaban J connectivity index is 1.31. The molecule has 0 bridgehead atoms. The summed E-state index contributed by atoms with van der Waals surface area (Å²) in [4.78, 5) is 46.4. The molecule has 1 aromatic heterocycles. The van der Waals surface area contributed by atoms with Crippen LogP contribution in [0.3, 0.4) is 0 Å². The van der Waals surface area contributed by atoms with E-state index in [-0.39, 0.29) is 36.0 Å². The number of hydrogen-bond acceptors (Lipinski definition) is 6. The molecule has 1 saturated heterocycles. The first-order chi connectivity index (χ1) is 18.8. The van der Waals surface area contributed by atoms with Crippen molar-refractivity contribution in [1.29, 1.82) is 0 Å². The van der Waals surface area contributed by atoms with Crippen molar-refractivity contribution in [2.24, 2.45) is 0 Å². The molecule has 3 amide bonds. The van der Waals surface area contributed by atoms with Crippen molar-refractivity contribution in [2.75, 3.05) is 44.7 Å². The van der Waals surface area contributed by atoms with E-state index < -0.39 is 5.54 Å². The minimum Gasteiger partial charge on any atom is -0.497 e. The van der Waals surface area contributed by atoms with Crippen molar-refractivity contribution in [2.45, 2.75) is 70.5 Å². The van der Waals surface area contributed by atoms with Gasteiger partial charge in [-0.05, 0) is 38.3 Å². The van der Waals surface area contributed by atoms with E-state index in [9.17, 15) is 14.4 Å². The van der Waals surface area contributed by atoms with Crippen LogP contribution in [0.1, 0.15) is 73.3 Å². The Labute approximate surface area is 230 Å². The third-order valence-corrected chi connectivity index (χ3v) is 8.42. The summed E-state index contributed by atoms with van der Waals surface area (Å²) in [7, 11) is 1.65. The summed E-state index contributed by atoms with van der Waals surface area (Å²) in [6.07, 6.45) is 5.89. The minimum atomic E-state index is -1.06. The predicted molar refractivity (Wildman–Crippen MR) is 148 cm³/mol. The molecule has 2 fully saturated rings. The fourth-order valence-electron chi connectivity index (χ4n) is 5.96. The third kappa shape index (κ3) is 5.33. The van der Waals surface area contributed by atoms with E-state index in [0.29, 0.717) is 38.4 Å². The molecule has 0 unspecified atom stereocenters. The lowest BCUT2D eigenvalue weighted by Gasteiger charge is -2.43. The summed E-state index contributed by atoms with van der Waals surface area (Å²) in [5, 5.41) is 7.76. The average molecular weight is 537 g/mol. The van der Waals surface area contributed by atoms with Gasteiger partial charge >= 0.3 is 0 Å². The van der Waals surface area contributed by atoms with Gasteiger partial charge in [0.2, 0.25) is 5.91 Å². The van der Waals surface area contributed by atoms with Crippen LogP contribution < -0.4 is 15.0 Å². The molecule has 1 saturated carbocycles. The molecular formula is C29H40N6O4. The molecule has 39 heavy (non-hydrogen) atoms. The Hall–Kier alpha value is -3.56. The maximum Gasteiger partial charge on any atom is 0.274 e. The van der Waals surface area contributed by atoms with Crippen LogP contribution in [-0.2, 0) is 11.3 Å². The number of hydrogen-bond donors (Lipinski definition) is 1. The zero-order chi connectivity index (χ0) is 27.6. The second-order valence-corrected chi connectivity index (χ2v) is 11.1. The van der Waals surface area contributed by atoms with E-state index in [0.717, 1.165) is 50.0 Å². The zero-order valence-electron chi connectivity index (χ0n) is 23.3. The Kier molecular flexibility index (Phi) is 7.81. The zero-order valence-corrected chi connectivity index (χ0v) is 23.3. The summed E-state index contributed by atoms with van der Waals surface area (Å²) in [6, 6.07) is 9.67. The van der Waals surface area contributed by atoms with E-state index in [1.54, 1.807) is 27.7 Å². The predicted octanol–water partition coefficient (Wildman–Crippen LogP) is 2.93. The van der Waals surface area contributed by atoms with Crippen LogP contribution in [-0.4, -0.2) is 88.7 Å². The van der Waals surface area contributed by atoms with Gasteiger partial charge in [-0.3, -0.25) is 19.1 Å². The van der Waals surface area contributed by atoms with Gasteiger partial charge in [-0.2, -0.15) is 5.10 Å². The number of aromatic nitrogens is 2. The Morgan fingerprint density at radius 3 is 2.56 bits per heavy atom. The van der Waals surface area contributed by atoms with Gasteiger partial charge in [0.15, 0.2) is 5.69 Å². The first-order valence-electron chi connectivity index (χ1n) is 14.2. The van der Waals surface area contributed by atoms with E-state index in [1.807, 2.05) is 31.2 Å². The standard InChI is InChI=1S/C29H40N6O4/c1-4-5-13-34-27(37)25-19-24(31-35(25)20-29(34,2)28(38)30-21-9-6-7-10-21)26(36)33-16-14-32(15-17-33)22-11-8-12-23(18-22)39-3/h8,11-12,18-19,21H,4-7,9-10,13-17,20H2,1-3H3,(H,30,38)/t29-/m1/s1. The average Bonchev–Trinajstić information content (AvgIpc) is 3.63. The fraction of sp³-hybridized carbons (Fsp3) is 0.586. The Morgan fingerprint density at radius 2 is 1.87 bits per heavy atom. The number of unbranched alkanes of at least 4 members (excludes halogenated alkanes) is 1. The smallest absolute Gasteiger partial charge is 0.274 e. The van der Waals surface area contributed by atoms with E-state index in [2.05, 4.69) is 22.2 Å². The molecular weight excluding hydrogens is 496 g/mol. The van der Waals surface area contributed by atoms with Gasteiger partial charge in [0.05, 0.1) is 13.7 Å². The second kappa shape index (κ2) is 11.3. The van der Waals surface area contributed by atoms with Gasteiger partial charge in [0.1, 0.15) is 17.0 Å². The maximum atomic E-state index is 13.7. The summed E-state index contributed by atoms with van der Waals surface area (Å²) in [5.74, 6) is 0.234. The number of nitrogens with zero attached hydrogens (tertiary/aromatic N) is 5. The van der Waals surface area contributed by atoms with E-state index >= 15 is 0 Å². The van der Waals surface area contributed by atoms with Gasteiger partial charge in [-0.25, -0.2) is 0 Å². The molecule has 1 aliphatic carbocycles. The molecule has 1 aromatic carbocycles. The van der Waals surface area contributed by atoms with Crippen molar-refractivity contribution in [3.63, 3.8) is 0 Å². The molecule has 5 rings (SSSR count). The summed E-state index contributed by atoms with van der Waals surface area (Å²) < 4.78 is 6.91. The van der Waals surface area contributed by atoms with Crippen LogP contribution in [0, 0.1) is 0 Å². The molecule has 10 heteroatoms. The normalized spacial score (nSPS) is 21.7. The summed E-state index contributed by atoms with van der Waals surface area (Å²) in [6.45, 7) is 7.10. The Bertz CT molecular complexity index is 1210. The number of fused-ring (bicyclic) bond motifs is 1. The SMILES string of the molecule is CCCCN1C(=O)c2cc(C(=O)N3CCN(c4cccc(OC)c4)CC3)nn2C[C@]1(C)C(=O)NC1CCCC1. The monoisotopic (exact) mass is 536 g/mol. The van der Waals surface area contributed by atoms with E-state index in [4.69, 9.17) is 4.74 Å². The lowest BCUT2D eigenvalue weighted by atomic mass is 9.94. The second-order valence-electron chi connectivity index (χ2n) is 11.1. The topological polar surface area (TPSA) is 100 Å². The molecule has 3 heterocycles. The van der Waals surface area contributed by atoms with Crippen molar-refractivity contribution in [3.8, 4) is 5.75 Å². The molecule has 0 spiro atoms. The van der Waals surface area contributed by atoms with Crippen LogP contribution in [0.15, 0.2) is 30.3 Å². The van der Waals surface area contributed by atoms with Gasteiger partial charge in [-0.15, -0.1) is 0 Å². The minimum absolute atomic E-state index is 0.137. The molecule has 2 aliphatic heterocycles. The number of methoxy groups -OCH3 is 1. The molecule has 10 nitrogen and oxygen atoms in total. The number of piperazine rings is 1. The first-order valence-corrected chi connectivity index (χ1v) is 14.2. The number of nitrogens with one attached hydrogen (secondary N) is 1. The van der Waals surface area contributed by atoms with Crippen molar-refractivity contribution in [1.82, 2.24) is 24.9 Å². The number of carbonyl (C=O) groups excluding carboxylic acids is 3. The number of benzene rings is 1.